The summed E-state index contributed by atoms with van der Waals surface area (Å²) in [6.45, 7) is 1.65. The van der Waals surface area contributed by atoms with Gasteiger partial charge in [-0.1, -0.05) is 30.3 Å². The molecule has 0 spiro atoms. The van der Waals surface area contributed by atoms with Crippen molar-refractivity contribution < 1.29 is 4.74 Å². The molecule has 3 heteroatoms. The van der Waals surface area contributed by atoms with Crippen LogP contribution in [0.5, 0.6) is 5.75 Å². The van der Waals surface area contributed by atoms with E-state index >= 15 is 0 Å². The number of ether oxygens (including phenoxy) is 1. The maximum absolute atomic E-state index is 5.66. The van der Waals surface area contributed by atoms with E-state index in [0.29, 0.717) is 0 Å². The number of thioether (sulfide) groups is 1. The molecule has 0 saturated carbocycles. The topological polar surface area (TPSA) is 21.3 Å². The van der Waals surface area contributed by atoms with E-state index in [0.717, 1.165) is 24.7 Å². The second-order valence-corrected chi connectivity index (χ2v) is 5.35. The molecule has 0 aromatic heterocycles. The maximum Gasteiger partial charge on any atom is 0.119 e. The molecule has 0 atom stereocenters. The van der Waals surface area contributed by atoms with Crippen molar-refractivity contribution in [3.8, 4) is 5.75 Å². The Labute approximate surface area is 119 Å². The van der Waals surface area contributed by atoms with Gasteiger partial charge in [-0.2, -0.15) is 0 Å². The smallest absolute Gasteiger partial charge is 0.119 e. The van der Waals surface area contributed by atoms with Gasteiger partial charge in [0.2, 0.25) is 0 Å². The highest BCUT2D eigenvalue weighted by molar-refractivity contribution is 7.99. The Balaban J connectivity index is 1.70. The van der Waals surface area contributed by atoms with Crippen molar-refractivity contribution in [3.05, 3.63) is 60.2 Å². The molecule has 2 aromatic rings. The quantitative estimate of drug-likeness (QED) is 0.615. The molecule has 0 amide bonds. The van der Waals surface area contributed by atoms with Gasteiger partial charge < -0.3 is 10.1 Å². The van der Waals surface area contributed by atoms with Crippen molar-refractivity contribution in [1.82, 2.24) is 5.32 Å². The van der Waals surface area contributed by atoms with Gasteiger partial charge in [-0.05, 0) is 36.9 Å². The zero-order chi connectivity index (χ0) is 13.3. The lowest BCUT2D eigenvalue weighted by molar-refractivity contribution is 0.344. The summed E-state index contributed by atoms with van der Waals surface area (Å²) in [5, 5.41) is 3.15. The molecular formula is C16H19NOS. The third kappa shape index (κ3) is 4.97. The second kappa shape index (κ2) is 7.87. The number of hydrogen-bond acceptors (Lipinski definition) is 3. The summed E-state index contributed by atoms with van der Waals surface area (Å²) in [5.41, 5.74) is 1.31. The average Bonchev–Trinajstić information content (AvgIpc) is 2.47. The van der Waals surface area contributed by atoms with Crippen LogP contribution in [-0.4, -0.2) is 19.4 Å². The van der Waals surface area contributed by atoms with Crippen LogP contribution in [0.15, 0.2) is 59.5 Å². The van der Waals surface area contributed by atoms with Gasteiger partial charge in [0, 0.05) is 17.2 Å². The van der Waals surface area contributed by atoms with Crippen LogP contribution in [0.4, 0.5) is 0 Å². The number of para-hydroxylation sites is 1. The van der Waals surface area contributed by atoms with Gasteiger partial charge in [0.1, 0.15) is 5.75 Å². The first kappa shape index (κ1) is 14.0. The predicted octanol–water partition coefficient (Wildman–Crippen LogP) is 3.58. The fourth-order valence-electron chi connectivity index (χ4n) is 1.74. The number of rotatable bonds is 7. The summed E-state index contributed by atoms with van der Waals surface area (Å²) in [6.07, 6.45) is 0. The number of nitrogens with one attached hydrogen (secondary N) is 1. The first-order valence-electron chi connectivity index (χ1n) is 6.42. The van der Waals surface area contributed by atoms with Crippen LogP contribution in [0.3, 0.4) is 0 Å². The molecule has 0 saturated heterocycles. The normalized spacial score (nSPS) is 10.4. The molecule has 100 valence electrons. The van der Waals surface area contributed by atoms with E-state index in [1.807, 2.05) is 49.1 Å². The van der Waals surface area contributed by atoms with Crippen molar-refractivity contribution in [3.63, 3.8) is 0 Å². The third-order valence-corrected chi connectivity index (χ3v) is 3.64. The van der Waals surface area contributed by atoms with Crippen LogP contribution < -0.4 is 10.1 Å². The predicted molar refractivity (Wildman–Crippen MR) is 81.9 cm³/mol. The van der Waals surface area contributed by atoms with Gasteiger partial charge in [-0.3, -0.25) is 0 Å². The molecule has 0 unspecified atom stereocenters. The molecule has 0 aliphatic heterocycles. The second-order valence-electron chi connectivity index (χ2n) is 4.18. The molecule has 19 heavy (non-hydrogen) atoms. The minimum atomic E-state index is 0.729. The van der Waals surface area contributed by atoms with E-state index in [1.165, 1.54) is 10.5 Å². The molecule has 2 nitrogen and oxygen atoms in total. The van der Waals surface area contributed by atoms with Crippen LogP contribution in [-0.2, 0) is 6.54 Å². The minimum absolute atomic E-state index is 0.729. The monoisotopic (exact) mass is 273 g/mol. The van der Waals surface area contributed by atoms with Crippen LogP contribution >= 0.6 is 11.8 Å². The van der Waals surface area contributed by atoms with Crippen molar-refractivity contribution >= 4 is 11.8 Å². The Morgan fingerprint density at radius 3 is 2.42 bits per heavy atom. The van der Waals surface area contributed by atoms with E-state index in [9.17, 15) is 0 Å². The summed E-state index contributed by atoms with van der Waals surface area (Å²) in [7, 11) is 1.96. The zero-order valence-corrected chi connectivity index (χ0v) is 12.0. The van der Waals surface area contributed by atoms with E-state index in [1.54, 1.807) is 0 Å². The summed E-state index contributed by atoms with van der Waals surface area (Å²) >= 11 is 1.82. The van der Waals surface area contributed by atoms with Crippen molar-refractivity contribution in [1.29, 1.82) is 0 Å². The molecule has 0 aliphatic rings. The first-order chi connectivity index (χ1) is 9.38. The fourth-order valence-corrected chi connectivity index (χ4v) is 2.47. The highest BCUT2D eigenvalue weighted by Crippen LogP contribution is 2.18. The summed E-state index contributed by atoms with van der Waals surface area (Å²) in [5.74, 6) is 1.90. The Morgan fingerprint density at radius 2 is 1.74 bits per heavy atom. The van der Waals surface area contributed by atoms with Gasteiger partial charge in [0.25, 0.3) is 0 Å². The standard InChI is InChI=1S/C16H19NOS/c1-17-13-14-7-9-16(10-8-14)19-12-11-18-15-5-3-2-4-6-15/h2-10,17H,11-13H2,1H3. The molecule has 0 radical (unpaired) electrons. The van der Waals surface area contributed by atoms with E-state index in [4.69, 9.17) is 4.74 Å². The Kier molecular flexibility index (Phi) is 5.79. The lowest BCUT2D eigenvalue weighted by atomic mass is 10.2. The molecular weight excluding hydrogens is 254 g/mol. The Bertz CT molecular complexity index is 470. The van der Waals surface area contributed by atoms with E-state index in [-0.39, 0.29) is 0 Å². The number of benzene rings is 2. The molecule has 0 heterocycles. The minimum Gasteiger partial charge on any atom is -0.493 e. The van der Waals surface area contributed by atoms with Crippen molar-refractivity contribution in [2.75, 3.05) is 19.4 Å². The molecule has 1 N–H and O–H groups in total. The fraction of sp³-hybridized carbons (Fsp3) is 0.250. The molecule has 2 aromatic carbocycles. The van der Waals surface area contributed by atoms with Crippen molar-refractivity contribution in [2.45, 2.75) is 11.4 Å². The van der Waals surface area contributed by atoms with E-state index < -0.39 is 0 Å². The molecule has 0 aliphatic carbocycles. The average molecular weight is 273 g/mol. The van der Waals surface area contributed by atoms with Crippen LogP contribution in [0, 0.1) is 0 Å². The van der Waals surface area contributed by atoms with Gasteiger partial charge in [0.05, 0.1) is 6.61 Å². The lowest BCUT2D eigenvalue weighted by Gasteiger charge is -2.06. The first-order valence-corrected chi connectivity index (χ1v) is 7.41. The van der Waals surface area contributed by atoms with Crippen LogP contribution in [0.1, 0.15) is 5.56 Å². The largest absolute Gasteiger partial charge is 0.493 e. The van der Waals surface area contributed by atoms with Gasteiger partial charge in [0.15, 0.2) is 0 Å². The molecule has 2 rings (SSSR count). The van der Waals surface area contributed by atoms with E-state index in [2.05, 4.69) is 29.6 Å². The zero-order valence-electron chi connectivity index (χ0n) is 11.1. The SMILES string of the molecule is CNCc1ccc(SCCOc2ccccc2)cc1. The maximum atomic E-state index is 5.66. The highest BCUT2D eigenvalue weighted by atomic mass is 32.2. The third-order valence-electron chi connectivity index (χ3n) is 2.67. The summed E-state index contributed by atoms with van der Waals surface area (Å²) in [6, 6.07) is 18.6. The highest BCUT2D eigenvalue weighted by Gasteiger charge is 1.96. The summed E-state index contributed by atoms with van der Waals surface area (Å²) < 4.78 is 5.66. The van der Waals surface area contributed by atoms with Gasteiger partial charge >= 0.3 is 0 Å². The lowest BCUT2D eigenvalue weighted by Crippen LogP contribution is -2.04. The van der Waals surface area contributed by atoms with Gasteiger partial charge in [-0.25, -0.2) is 0 Å². The van der Waals surface area contributed by atoms with Crippen LogP contribution in [0.2, 0.25) is 0 Å². The Morgan fingerprint density at radius 1 is 1.00 bits per heavy atom. The summed E-state index contributed by atoms with van der Waals surface area (Å²) in [4.78, 5) is 1.29. The van der Waals surface area contributed by atoms with Gasteiger partial charge in [-0.15, -0.1) is 11.8 Å². The number of hydrogen-bond donors (Lipinski definition) is 1. The van der Waals surface area contributed by atoms with Crippen molar-refractivity contribution in [2.24, 2.45) is 0 Å². The Hall–Kier alpha value is -1.45. The molecule has 0 bridgehead atoms. The molecule has 0 fully saturated rings. The van der Waals surface area contributed by atoms with Crippen LogP contribution in [0.25, 0.3) is 0 Å².